The van der Waals surface area contributed by atoms with Crippen LogP contribution >= 0.6 is 0 Å². The molecular formula is C11H23N. The Hall–Kier alpha value is -0.0400. The van der Waals surface area contributed by atoms with Gasteiger partial charge in [0.05, 0.1) is 0 Å². The highest BCUT2D eigenvalue weighted by Crippen LogP contribution is 2.48. The van der Waals surface area contributed by atoms with Crippen molar-refractivity contribution in [2.45, 2.75) is 46.5 Å². The predicted molar refractivity (Wildman–Crippen MR) is 54.0 cm³/mol. The molecule has 0 saturated heterocycles. The second kappa shape index (κ2) is 3.78. The molecule has 72 valence electrons. The van der Waals surface area contributed by atoms with Gasteiger partial charge in [0.1, 0.15) is 0 Å². The van der Waals surface area contributed by atoms with Crippen molar-refractivity contribution in [1.29, 1.82) is 0 Å². The van der Waals surface area contributed by atoms with E-state index in [4.69, 9.17) is 5.73 Å². The lowest BCUT2D eigenvalue weighted by molar-refractivity contribution is 0.215. The maximum absolute atomic E-state index is 5.85. The largest absolute Gasteiger partial charge is 0.330 e. The van der Waals surface area contributed by atoms with Crippen LogP contribution in [0.2, 0.25) is 0 Å². The summed E-state index contributed by atoms with van der Waals surface area (Å²) in [5.41, 5.74) is 6.30. The van der Waals surface area contributed by atoms with Crippen molar-refractivity contribution < 1.29 is 0 Å². The van der Waals surface area contributed by atoms with E-state index in [0.717, 1.165) is 18.4 Å². The SMILES string of the molecule is CCC(C)CC(C)(CN)C1CC1. The van der Waals surface area contributed by atoms with Crippen LogP contribution in [0.1, 0.15) is 46.5 Å². The van der Waals surface area contributed by atoms with Crippen molar-refractivity contribution in [3.63, 3.8) is 0 Å². The molecule has 2 unspecified atom stereocenters. The standard InChI is InChI=1S/C11H23N/c1-4-9(2)7-11(3,8-12)10-5-6-10/h9-10H,4-8,12H2,1-3H3. The summed E-state index contributed by atoms with van der Waals surface area (Å²) in [6.45, 7) is 7.86. The van der Waals surface area contributed by atoms with Gasteiger partial charge in [0.25, 0.3) is 0 Å². The van der Waals surface area contributed by atoms with Crippen LogP contribution in [0.25, 0.3) is 0 Å². The zero-order valence-electron chi connectivity index (χ0n) is 8.77. The number of hydrogen-bond donors (Lipinski definition) is 1. The predicted octanol–water partition coefficient (Wildman–Crippen LogP) is 2.80. The number of rotatable bonds is 5. The summed E-state index contributed by atoms with van der Waals surface area (Å²) in [4.78, 5) is 0. The Bertz CT molecular complexity index is 140. The van der Waals surface area contributed by atoms with E-state index in [1.54, 1.807) is 0 Å². The molecule has 1 heteroatoms. The molecule has 0 aromatic rings. The van der Waals surface area contributed by atoms with Crippen LogP contribution in [0.5, 0.6) is 0 Å². The van der Waals surface area contributed by atoms with E-state index in [2.05, 4.69) is 20.8 Å². The highest BCUT2D eigenvalue weighted by Gasteiger charge is 2.40. The average molecular weight is 169 g/mol. The minimum Gasteiger partial charge on any atom is -0.330 e. The van der Waals surface area contributed by atoms with Gasteiger partial charge in [-0.25, -0.2) is 0 Å². The minimum absolute atomic E-state index is 0.454. The molecule has 1 aliphatic carbocycles. The molecule has 12 heavy (non-hydrogen) atoms. The monoisotopic (exact) mass is 169 g/mol. The van der Waals surface area contributed by atoms with Crippen LogP contribution in [0.3, 0.4) is 0 Å². The first-order valence-corrected chi connectivity index (χ1v) is 5.32. The third-order valence-electron chi connectivity index (χ3n) is 3.54. The van der Waals surface area contributed by atoms with Gasteiger partial charge >= 0.3 is 0 Å². The van der Waals surface area contributed by atoms with Crippen LogP contribution in [-0.2, 0) is 0 Å². The van der Waals surface area contributed by atoms with Crippen molar-refractivity contribution in [3.8, 4) is 0 Å². The summed E-state index contributed by atoms with van der Waals surface area (Å²) in [6.07, 6.45) is 5.46. The molecule has 2 atom stereocenters. The molecule has 0 amide bonds. The van der Waals surface area contributed by atoms with E-state index in [-0.39, 0.29) is 0 Å². The van der Waals surface area contributed by atoms with E-state index in [1.165, 1.54) is 25.7 Å². The van der Waals surface area contributed by atoms with Gasteiger partial charge in [0.15, 0.2) is 0 Å². The lowest BCUT2D eigenvalue weighted by atomic mass is 9.77. The summed E-state index contributed by atoms with van der Waals surface area (Å²) in [7, 11) is 0. The van der Waals surface area contributed by atoms with Crippen LogP contribution in [-0.4, -0.2) is 6.54 Å². The highest BCUT2D eigenvalue weighted by molar-refractivity contribution is 4.92. The molecule has 0 aliphatic heterocycles. The molecule has 0 heterocycles. The molecule has 1 nitrogen and oxygen atoms in total. The van der Waals surface area contributed by atoms with Crippen molar-refractivity contribution in [2.24, 2.45) is 23.0 Å². The molecule has 2 N–H and O–H groups in total. The fraction of sp³-hybridized carbons (Fsp3) is 1.00. The smallest absolute Gasteiger partial charge is 0.00204 e. The third-order valence-corrected chi connectivity index (χ3v) is 3.54. The van der Waals surface area contributed by atoms with Crippen LogP contribution in [0.4, 0.5) is 0 Å². The van der Waals surface area contributed by atoms with Gasteiger partial charge in [-0.2, -0.15) is 0 Å². The summed E-state index contributed by atoms with van der Waals surface area (Å²) >= 11 is 0. The molecule has 1 saturated carbocycles. The summed E-state index contributed by atoms with van der Waals surface area (Å²) in [5.74, 6) is 1.79. The fourth-order valence-electron chi connectivity index (χ4n) is 2.14. The summed E-state index contributed by atoms with van der Waals surface area (Å²) in [5, 5.41) is 0. The van der Waals surface area contributed by atoms with Crippen molar-refractivity contribution >= 4 is 0 Å². The van der Waals surface area contributed by atoms with Gasteiger partial charge in [-0.3, -0.25) is 0 Å². The second-order valence-electron chi connectivity index (χ2n) is 4.85. The quantitative estimate of drug-likeness (QED) is 0.673. The van der Waals surface area contributed by atoms with E-state index in [0.29, 0.717) is 5.41 Å². The first-order chi connectivity index (χ1) is 5.62. The molecule has 0 radical (unpaired) electrons. The Morgan fingerprint density at radius 2 is 2.08 bits per heavy atom. The molecule has 1 aliphatic rings. The van der Waals surface area contributed by atoms with Gasteiger partial charge in [-0.05, 0) is 43.1 Å². The van der Waals surface area contributed by atoms with Crippen LogP contribution < -0.4 is 5.73 Å². The number of hydrogen-bond acceptors (Lipinski definition) is 1. The zero-order chi connectivity index (χ0) is 9.19. The topological polar surface area (TPSA) is 26.0 Å². The molecule has 1 rings (SSSR count). The Morgan fingerprint density at radius 3 is 2.42 bits per heavy atom. The molecule has 0 spiro atoms. The van der Waals surface area contributed by atoms with Gasteiger partial charge < -0.3 is 5.73 Å². The molecular weight excluding hydrogens is 146 g/mol. The fourth-order valence-corrected chi connectivity index (χ4v) is 2.14. The highest BCUT2D eigenvalue weighted by atomic mass is 14.6. The van der Waals surface area contributed by atoms with Crippen molar-refractivity contribution in [3.05, 3.63) is 0 Å². The van der Waals surface area contributed by atoms with Gasteiger partial charge in [0.2, 0.25) is 0 Å². The third kappa shape index (κ3) is 2.22. The van der Waals surface area contributed by atoms with Gasteiger partial charge in [-0.15, -0.1) is 0 Å². The van der Waals surface area contributed by atoms with E-state index in [9.17, 15) is 0 Å². The number of nitrogens with two attached hydrogens (primary N) is 1. The normalized spacial score (nSPS) is 25.0. The molecule has 1 fully saturated rings. The van der Waals surface area contributed by atoms with Crippen molar-refractivity contribution in [2.75, 3.05) is 6.54 Å². The van der Waals surface area contributed by atoms with Crippen LogP contribution in [0, 0.1) is 17.3 Å². The Balaban J connectivity index is 2.42. The van der Waals surface area contributed by atoms with Crippen molar-refractivity contribution in [1.82, 2.24) is 0 Å². The van der Waals surface area contributed by atoms with Crippen LogP contribution in [0.15, 0.2) is 0 Å². The Morgan fingerprint density at radius 1 is 1.50 bits per heavy atom. The minimum atomic E-state index is 0.454. The van der Waals surface area contributed by atoms with Gasteiger partial charge in [0, 0.05) is 0 Å². The summed E-state index contributed by atoms with van der Waals surface area (Å²) in [6, 6.07) is 0. The molecule has 0 aromatic heterocycles. The second-order valence-corrected chi connectivity index (χ2v) is 4.85. The molecule has 0 aromatic carbocycles. The lowest BCUT2D eigenvalue weighted by Crippen LogP contribution is -2.31. The summed E-state index contributed by atoms with van der Waals surface area (Å²) < 4.78 is 0. The molecule has 0 bridgehead atoms. The van der Waals surface area contributed by atoms with Gasteiger partial charge in [-0.1, -0.05) is 27.2 Å². The van der Waals surface area contributed by atoms with E-state index < -0.39 is 0 Å². The average Bonchev–Trinajstić information content (AvgIpc) is 2.86. The van der Waals surface area contributed by atoms with E-state index in [1.807, 2.05) is 0 Å². The first kappa shape index (κ1) is 10.0. The Labute approximate surface area is 76.7 Å². The van der Waals surface area contributed by atoms with E-state index >= 15 is 0 Å². The maximum atomic E-state index is 5.85. The first-order valence-electron chi connectivity index (χ1n) is 5.32. The maximum Gasteiger partial charge on any atom is -0.00204 e. The lowest BCUT2D eigenvalue weighted by Gasteiger charge is -2.30. The Kier molecular flexibility index (Phi) is 3.16. The zero-order valence-corrected chi connectivity index (χ0v) is 8.77.